The molecule has 4 rings (SSSR count). The monoisotopic (exact) mass is 140 g/mol. The highest BCUT2D eigenvalue weighted by atomic mass is 16.9. The largest absolute Gasteiger partial charge is 0.321 e. The third-order valence-electron chi connectivity index (χ3n) is 3.32. The quantitative estimate of drug-likeness (QED) is 0.506. The molecule has 10 heavy (non-hydrogen) atoms. The minimum atomic E-state index is -0.165. The Morgan fingerprint density at radius 1 is 1.40 bits per heavy atom. The highest BCUT2D eigenvalue weighted by molar-refractivity contribution is 5.06. The molecule has 2 nitrogen and oxygen atoms in total. The SMILES string of the molecule is CC1C2OC(C)(O2)C2CC12. The predicted octanol–water partition coefficient (Wildman–Crippen LogP) is 1.36. The molecule has 0 aromatic heterocycles. The molecule has 0 amide bonds. The van der Waals surface area contributed by atoms with Gasteiger partial charge in [0.15, 0.2) is 12.1 Å². The lowest BCUT2D eigenvalue weighted by Gasteiger charge is -2.52. The normalized spacial score (nSPS) is 70.2. The molecule has 3 heterocycles. The zero-order chi connectivity index (χ0) is 6.93. The Labute approximate surface area is 60.5 Å². The van der Waals surface area contributed by atoms with E-state index < -0.39 is 0 Å². The number of hydrogen-bond acceptors (Lipinski definition) is 2. The first-order valence-electron chi connectivity index (χ1n) is 4.06. The summed E-state index contributed by atoms with van der Waals surface area (Å²) in [4.78, 5) is 0. The molecule has 0 aromatic carbocycles. The molecule has 3 unspecified atom stereocenters. The van der Waals surface area contributed by atoms with Crippen molar-refractivity contribution in [1.82, 2.24) is 0 Å². The third-order valence-corrected chi connectivity index (χ3v) is 3.32. The molecular weight excluding hydrogens is 128 g/mol. The van der Waals surface area contributed by atoms with Crippen LogP contribution < -0.4 is 0 Å². The van der Waals surface area contributed by atoms with Gasteiger partial charge in [0, 0.05) is 11.8 Å². The van der Waals surface area contributed by atoms with Crippen LogP contribution in [0.2, 0.25) is 0 Å². The fraction of sp³-hybridized carbons (Fsp3) is 1.00. The van der Waals surface area contributed by atoms with Crippen molar-refractivity contribution >= 4 is 0 Å². The predicted molar refractivity (Wildman–Crippen MR) is 35.1 cm³/mol. The topological polar surface area (TPSA) is 18.5 Å². The van der Waals surface area contributed by atoms with E-state index >= 15 is 0 Å². The van der Waals surface area contributed by atoms with E-state index in [1.807, 2.05) is 0 Å². The summed E-state index contributed by atoms with van der Waals surface area (Å²) in [5.74, 6) is 2.11. The summed E-state index contributed by atoms with van der Waals surface area (Å²) in [5, 5.41) is 0. The molecule has 56 valence electrons. The first-order chi connectivity index (χ1) is 4.71. The highest BCUT2D eigenvalue weighted by Crippen LogP contribution is 2.63. The molecule has 0 spiro atoms. The minimum absolute atomic E-state index is 0.133. The van der Waals surface area contributed by atoms with E-state index in [1.165, 1.54) is 6.42 Å². The molecule has 0 radical (unpaired) electrons. The van der Waals surface area contributed by atoms with Crippen LogP contribution in [-0.4, -0.2) is 12.1 Å². The molecule has 2 bridgehead atoms. The van der Waals surface area contributed by atoms with Gasteiger partial charge in [0.2, 0.25) is 0 Å². The lowest BCUT2D eigenvalue weighted by atomic mass is 9.93. The van der Waals surface area contributed by atoms with Crippen LogP contribution in [-0.2, 0) is 9.47 Å². The fourth-order valence-corrected chi connectivity index (χ4v) is 2.46. The molecule has 1 aliphatic carbocycles. The van der Waals surface area contributed by atoms with Gasteiger partial charge in [0.25, 0.3) is 0 Å². The van der Waals surface area contributed by atoms with Crippen LogP contribution in [0.5, 0.6) is 0 Å². The Kier molecular flexibility index (Phi) is 0.710. The first-order valence-corrected chi connectivity index (χ1v) is 4.06. The summed E-state index contributed by atoms with van der Waals surface area (Å²) in [6.07, 6.45) is 1.46. The molecular formula is C8H12O2. The fourth-order valence-electron chi connectivity index (χ4n) is 2.46. The third kappa shape index (κ3) is 0.424. The first kappa shape index (κ1) is 5.56. The molecule has 2 heteroatoms. The van der Waals surface area contributed by atoms with E-state index in [-0.39, 0.29) is 12.1 Å². The lowest BCUT2D eigenvalue weighted by Crippen LogP contribution is -2.60. The minimum Gasteiger partial charge on any atom is -0.321 e. The van der Waals surface area contributed by atoms with Gasteiger partial charge in [-0.1, -0.05) is 6.92 Å². The summed E-state index contributed by atoms with van der Waals surface area (Å²) in [7, 11) is 0. The van der Waals surface area contributed by atoms with Crippen molar-refractivity contribution in [3.63, 3.8) is 0 Å². The maximum absolute atomic E-state index is 5.61. The highest BCUT2D eigenvalue weighted by Gasteiger charge is 2.68. The molecule has 3 atom stereocenters. The van der Waals surface area contributed by atoms with E-state index in [9.17, 15) is 0 Å². The second-order valence-corrected chi connectivity index (χ2v) is 3.99. The number of hydrogen-bond donors (Lipinski definition) is 0. The van der Waals surface area contributed by atoms with Gasteiger partial charge < -0.3 is 9.47 Å². The van der Waals surface area contributed by atoms with Crippen molar-refractivity contribution in [3.05, 3.63) is 0 Å². The van der Waals surface area contributed by atoms with Crippen molar-refractivity contribution in [2.24, 2.45) is 17.8 Å². The van der Waals surface area contributed by atoms with Crippen LogP contribution in [0.25, 0.3) is 0 Å². The summed E-state index contributed by atoms with van der Waals surface area (Å²) in [6, 6.07) is 0. The van der Waals surface area contributed by atoms with Crippen LogP contribution in [0.15, 0.2) is 0 Å². The van der Waals surface area contributed by atoms with Crippen LogP contribution >= 0.6 is 0 Å². The van der Waals surface area contributed by atoms with Gasteiger partial charge in [-0.15, -0.1) is 0 Å². The van der Waals surface area contributed by atoms with E-state index in [1.54, 1.807) is 0 Å². The van der Waals surface area contributed by atoms with Gasteiger partial charge >= 0.3 is 0 Å². The summed E-state index contributed by atoms with van der Waals surface area (Å²) in [6.45, 7) is 4.30. The molecule has 3 aliphatic heterocycles. The standard InChI is InChI=1S/C8H12O2/c1-4-5-3-6(5)8(2)9-7(4)10-8/h4-7H,3H2,1-2H3. The summed E-state index contributed by atoms with van der Waals surface area (Å²) >= 11 is 0. The smallest absolute Gasteiger partial charge is 0.174 e. The van der Waals surface area contributed by atoms with E-state index in [0.717, 1.165) is 5.92 Å². The van der Waals surface area contributed by atoms with Gasteiger partial charge in [-0.3, -0.25) is 0 Å². The van der Waals surface area contributed by atoms with E-state index in [0.29, 0.717) is 11.8 Å². The van der Waals surface area contributed by atoms with Crippen molar-refractivity contribution in [3.8, 4) is 0 Å². The number of rotatable bonds is 0. The Morgan fingerprint density at radius 2 is 2.10 bits per heavy atom. The summed E-state index contributed by atoms with van der Waals surface area (Å²) < 4.78 is 11.2. The van der Waals surface area contributed by atoms with Crippen LogP contribution in [0.1, 0.15) is 20.3 Å². The Bertz CT molecular complexity index is 182. The maximum Gasteiger partial charge on any atom is 0.174 e. The Balaban J connectivity index is 1.94. The zero-order valence-electron chi connectivity index (χ0n) is 6.33. The van der Waals surface area contributed by atoms with Crippen molar-refractivity contribution in [1.29, 1.82) is 0 Å². The van der Waals surface area contributed by atoms with Gasteiger partial charge in [-0.05, 0) is 19.3 Å². The second kappa shape index (κ2) is 1.28. The Hall–Kier alpha value is -0.0800. The van der Waals surface area contributed by atoms with Gasteiger partial charge in [0.1, 0.15) is 0 Å². The molecule has 0 aromatic rings. The maximum atomic E-state index is 5.61. The molecule has 1 saturated carbocycles. The van der Waals surface area contributed by atoms with Crippen molar-refractivity contribution in [2.75, 3.05) is 0 Å². The van der Waals surface area contributed by atoms with Crippen molar-refractivity contribution in [2.45, 2.75) is 32.3 Å². The van der Waals surface area contributed by atoms with Crippen LogP contribution in [0.3, 0.4) is 0 Å². The van der Waals surface area contributed by atoms with E-state index in [4.69, 9.17) is 9.47 Å². The Morgan fingerprint density at radius 3 is 2.70 bits per heavy atom. The average molecular weight is 140 g/mol. The summed E-state index contributed by atoms with van der Waals surface area (Å²) in [5.41, 5.74) is 0. The molecule has 4 aliphatic rings. The van der Waals surface area contributed by atoms with E-state index in [2.05, 4.69) is 13.8 Å². The molecule has 3 saturated heterocycles. The average Bonchev–Trinajstić information content (AvgIpc) is 2.53. The van der Waals surface area contributed by atoms with Crippen LogP contribution in [0.4, 0.5) is 0 Å². The second-order valence-electron chi connectivity index (χ2n) is 3.99. The molecule has 0 N–H and O–H groups in total. The number of ether oxygens (including phenoxy) is 2. The lowest BCUT2D eigenvalue weighted by molar-refractivity contribution is -0.482. The van der Waals surface area contributed by atoms with Gasteiger partial charge in [-0.25, -0.2) is 0 Å². The zero-order valence-corrected chi connectivity index (χ0v) is 6.33. The van der Waals surface area contributed by atoms with Gasteiger partial charge in [-0.2, -0.15) is 0 Å². The van der Waals surface area contributed by atoms with Gasteiger partial charge in [0.05, 0.1) is 0 Å². The molecule has 4 fully saturated rings. The van der Waals surface area contributed by atoms with Crippen molar-refractivity contribution < 1.29 is 9.47 Å². The van der Waals surface area contributed by atoms with Crippen LogP contribution in [0, 0.1) is 17.8 Å².